The number of benzene rings is 2. The Morgan fingerprint density at radius 3 is 2.24 bits per heavy atom. The highest BCUT2D eigenvalue weighted by atomic mass is 32.2. The van der Waals surface area contributed by atoms with Crippen LogP contribution in [0.3, 0.4) is 0 Å². The van der Waals surface area contributed by atoms with Gasteiger partial charge in [-0.15, -0.1) is 0 Å². The molecule has 0 aliphatic rings. The van der Waals surface area contributed by atoms with Gasteiger partial charge in [-0.2, -0.15) is 0 Å². The van der Waals surface area contributed by atoms with Gasteiger partial charge in [0.2, 0.25) is 10.0 Å². The van der Waals surface area contributed by atoms with Crippen molar-refractivity contribution >= 4 is 21.7 Å². The molecule has 0 bridgehead atoms. The summed E-state index contributed by atoms with van der Waals surface area (Å²) < 4.78 is 57.2. The summed E-state index contributed by atoms with van der Waals surface area (Å²) in [5.74, 6) is -1.40. The van der Waals surface area contributed by atoms with Gasteiger partial charge in [0.15, 0.2) is 5.75 Å². The van der Waals surface area contributed by atoms with Gasteiger partial charge in [0, 0.05) is 0 Å². The molecule has 1 N–H and O–H groups in total. The van der Waals surface area contributed by atoms with Crippen LogP contribution in [-0.2, 0) is 21.2 Å². The van der Waals surface area contributed by atoms with Crippen molar-refractivity contribution in [2.24, 2.45) is 0 Å². The lowest BCUT2D eigenvalue weighted by Crippen LogP contribution is -2.29. The Bertz CT molecular complexity index is 960. The summed E-state index contributed by atoms with van der Waals surface area (Å²) in [7, 11) is -0.00414. The van der Waals surface area contributed by atoms with E-state index in [-0.39, 0.29) is 17.9 Å². The second-order valence-electron chi connectivity index (χ2n) is 6.22. The summed E-state index contributed by atoms with van der Waals surface area (Å²) in [6.07, 6.45) is 0.609. The van der Waals surface area contributed by atoms with E-state index < -0.39 is 32.6 Å². The van der Waals surface area contributed by atoms with Gasteiger partial charge >= 0.3 is 5.97 Å². The van der Waals surface area contributed by atoms with Crippen molar-refractivity contribution in [1.29, 1.82) is 0 Å². The van der Waals surface area contributed by atoms with Gasteiger partial charge in [-0.25, -0.2) is 17.6 Å². The Labute approximate surface area is 169 Å². The Hall–Kier alpha value is -2.81. The van der Waals surface area contributed by atoms with E-state index in [1.54, 1.807) is 38.3 Å². The van der Waals surface area contributed by atoms with Gasteiger partial charge in [-0.3, -0.25) is 4.72 Å². The molecule has 2 aromatic carbocycles. The number of ether oxygens (including phenoxy) is 3. The number of rotatable bonds is 9. The highest BCUT2D eigenvalue weighted by Crippen LogP contribution is 2.33. The summed E-state index contributed by atoms with van der Waals surface area (Å²) in [6.45, 7) is 1.76. The molecule has 2 aromatic rings. The van der Waals surface area contributed by atoms with Crippen molar-refractivity contribution in [2.75, 3.05) is 26.1 Å². The number of esters is 1. The van der Waals surface area contributed by atoms with Gasteiger partial charge in [-0.05, 0) is 42.7 Å². The van der Waals surface area contributed by atoms with E-state index in [0.29, 0.717) is 12.2 Å². The standard InChI is InChI=1S/C20H24FNO6S/c1-5-15(12-13-6-8-14(26-2)9-7-13)29(24,25)22-17-11-10-16(21)18(19(17)27-3)20(23)28-4/h6-11,15,22H,5,12H2,1-4H3. The van der Waals surface area contributed by atoms with Crippen LogP contribution in [0.15, 0.2) is 36.4 Å². The average Bonchev–Trinajstić information content (AvgIpc) is 2.72. The highest BCUT2D eigenvalue weighted by molar-refractivity contribution is 7.93. The Morgan fingerprint density at radius 1 is 1.07 bits per heavy atom. The maximum absolute atomic E-state index is 14.1. The molecule has 29 heavy (non-hydrogen) atoms. The fourth-order valence-corrected chi connectivity index (χ4v) is 4.36. The third-order valence-electron chi connectivity index (χ3n) is 4.47. The van der Waals surface area contributed by atoms with E-state index in [1.807, 2.05) is 0 Å². The minimum atomic E-state index is -3.87. The molecule has 0 spiro atoms. The van der Waals surface area contributed by atoms with E-state index >= 15 is 0 Å². The van der Waals surface area contributed by atoms with Gasteiger partial charge < -0.3 is 14.2 Å². The Morgan fingerprint density at radius 2 is 1.72 bits per heavy atom. The minimum Gasteiger partial charge on any atom is -0.497 e. The second kappa shape index (κ2) is 9.60. The third kappa shape index (κ3) is 5.17. The number of sulfonamides is 1. The first kappa shape index (κ1) is 22.5. The van der Waals surface area contributed by atoms with Crippen LogP contribution in [0.2, 0.25) is 0 Å². The Kier molecular flexibility index (Phi) is 7.44. The number of carbonyl (C=O) groups excluding carboxylic acids is 1. The van der Waals surface area contributed by atoms with Gasteiger partial charge in [0.05, 0.1) is 32.3 Å². The predicted octanol–water partition coefficient (Wildman–Crippen LogP) is 3.39. The smallest absolute Gasteiger partial charge is 0.344 e. The van der Waals surface area contributed by atoms with Crippen LogP contribution < -0.4 is 14.2 Å². The molecular weight excluding hydrogens is 401 g/mol. The fourth-order valence-electron chi connectivity index (χ4n) is 2.88. The molecule has 0 aromatic heterocycles. The van der Waals surface area contributed by atoms with E-state index in [1.165, 1.54) is 13.2 Å². The summed E-state index contributed by atoms with van der Waals surface area (Å²) >= 11 is 0. The second-order valence-corrected chi connectivity index (χ2v) is 8.19. The molecule has 158 valence electrons. The predicted molar refractivity (Wildman–Crippen MR) is 108 cm³/mol. The highest BCUT2D eigenvalue weighted by Gasteiger charge is 2.28. The SMILES string of the molecule is CCC(Cc1ccc(OC)cc1)S(=O)(=O)Nc1ccc(F)c(C(=O)OC)c1OC. The van der Waals surface area contributed by atoms with E-state index in [2.05, 4.69) is 9.46 Å². The van der Waals surface area contributed by atoms with Crippen LogP contribution in [0.25, 0.3) is 0 Å². The molecule has 0 saturated heterocycles. The minimum absolute atomic E-state index is 0.0394. The normalized spacial score (nSPS) is 12.2. The third-order valence-corrected chi connectivity index (χ3v) is 6.35. The van der Waals surface area contributed by atoms with Crippen molar-refractivity contribution in [3.8, 4) is 11.5 Å². The van der Waals surface area contributed by atoms with Crippen molar-refractivity contribution in [2.45, 2.75) is 25.0 Å². The topological polar surface area (TPSA) is 90.9 Å². The summed E-state index contributed by atoms with van der Waals surface area (Å²) in [4.78, 5) is 11.9. The number of carbonyl (C=O) groups is 1. The first-order valence-corrected chi connectivity index (χ1v) is 10.4. The maximum atomic E-state index is 14.1. The van der Waals surface area contributed by atoms with E-state index in [4.69, 9.17) is 9.47 Å². The van der Waals surface area contributed by atoms with Crippen LogP contribution in [0.1, 0.15) is 29.3 Å². The van der Waals surface area contributed by atoms with Gasteiger partial charge in [0.25, 0.3) is 0 Å². The molecule has 0 saturated carbocycles. The van der Waals surface area contributed by atoms with Crippen LogP contribution in [0, 0.1) is 5.82 Å². The van der Waals surface area contributed by atoms with Crippen molar-refractivity contribution in [1.82, 2.24) is 0 Å². The molecule has 0 amide bonds. The number of methoxy groups -OCH3 is 3. The zero-order chi connectivity index (χ0) is 21.6. The largest absolute Gasteiger partial charge is 0.497 e. The van der Waals surface area contributed by atoms with Crippen molar-refractivity contribution in [3.63, 3.8) is 0 Å². The molecule has 0 heterocycles. The molecule has 1 atom stereocenters. The summed E-state index contributed by atoms with van der Waals surface area (Å²) in [5.41, 5.74) is 0.310. The first-order chi connectivity index (χ1) is 13.8. The lowest BCUT2D eigenvalue weighted by molar-refractivity contribution is 0.0591. The van der Waals surface area contributed by atoms with Crippen LogP contribution in [0.4, 0.5) is 10.1 Å². The molecule has 0 fully saturated rings. The van der Waals surface area contributed by atoms with Gasteiger partial charge in [-0.1, -0.05) is 19.1 Å². The van der Waals surface area contributed by atoms with E-state index in [9.17, 15) is 17.6 Å². The molecule has 7 nitrogen and oxygen atoms in total. The molecule has 1 unspecified atom stereocenters. The molecule has 2 rings (SSSR count). The average molecular weight is 425 g/mol. The number of halogens is 1. The maximum Gasteiger partial charge on any atom is 0.344 e. The first-order valence-electron chi connectivity index (χ1n) is 8.86. The molecular formula is C20H24FNO6S. The summed E-state index contributed by atoms with van der Waals surface area (Å²) in [6, 6.07) is 9.30. The molecule has 0 radical (unpaired) electrons. The number of hydrogen-bond acceptors (Lipinski definition) is 6. The van der Waals surface area contributed by atoms with Crippen LogP contribution in [-0.4, -0.2) is 41.0 Å². The summed E-state index contributed by atoms with van der Waals surface area (Å²) in [5, 5.41) is -0.757. The number of nitrogens with one attached hydrogen (secondary N) is 1. The number of anilines is 1. The van der Waals surface area contributed by atoms with Crippen LogP contribution in [0.5, 0.6) is 11.5 Å². The van der Waals surface area contributed by atoms with E-state index in [0.717, 1.165) is 18.7 Å². The lowest BCUT2D eigenvalue weighted by Gasteiger charge is -2.20. The number of hydrogen-bond donors (Lipinski definition) is 1. The van der Waals surface area contributed by atoms with Crippen molar-refractivity contribution in [3.05, 3.63) is 53.3 Å². The zero-order valence-corrected chi connectivity index (χ0v) is 17.5. The zero-order valence-electron chi connectivity index (χ0n) is 16.7. The Balaban J connectivity index is 2.33. The lowest BCUT2D eigenvalue weighted by atomic mass is 10.1. The van der Waals surface area contributed by atoms with Crippen LogP contribution >= 0.6 is 0 Å². The quantitative estimate of drug-likeness (QED) is 0.620. The fraction of sp³-hybridized carbons (Fsp3) is 0.350. The van der Waals surface area contributed by atoms with Crippen molar-refractivity contribution < 1.29 is 31.8 Å². The molecule has 0 aliphatic heterocycles. The monoisotopic (exact) mass is 425 g/mol. The molecule has 9 heteroatoms. The molecule has 0 aliphatic carbocycles. The van der Waals surface area contributed by atoms with Gasteiger partial charge in [0.1, 0.15) is 17.1 Å².